The molecule has 0 atom stereocenters. The first-order valence-corrected chi connectivity index (χ1v) is 11.8. The molecule has 0 radical (unpaired) electrons. The number of rotatable bonds is 6. The summed E-state index contributed by atoms with van der Waals surface area (Å²) in [5, 5.41) is 0.939. The van der Waals surface area contributed by atoms with Gasteiger partial charge in [0.1, 0.15) is 0 Å². The zero-order chi connectivity index (χ0) is 20.2. The first-order valence-electron chi connectivity index (χ1n) is 9.85. The fraction of sp³-hybridized carbons (Fsp3) is 0.364. The maximum atomic E-state index is 12.5. The van der Waals surface area contributed by atoms with Gasteiger partial charge >= 0.3 is 0 Å². The van der Waals surface area contributed by atoms with Gasteiger partial charge < -0.3 is 14.8 Å². The first-order chi connectivity index (χ1) is 14.1. The number of para-hydroxylation sites is 2. The molecule has 1 aliphatic rings. The van der Waals surface area contributed by atoms with Crippen molar-refractivity contribution in [3.63, 3.8) is 0 Å². The molecule has 1 amide bonds. The van der Waals surface area contributed by atoms with Crippen molar-refractivity contribution >= 4 is 40.5 Å². The summed E-state index contributed by atoms with van der Waals surface area (Å²) in [5.74, 6) is 1.60. The minimum Gasteiger partial charge on any atom is -0.339 e. The lowest BCUT2D eigenvalue weighted by atomic mass is 10.1. The molecule has 2 aromatic carbocycles. The highest BCUT2D eigenvalue weighted by atomic mass is 32.2. The number of thioether (sulfide) groups is 2. The molecule has 7 heteroatoms. The Kier molecular flexibility index (Phi) is 6.47. The summed E-state index contributed by atoms with van der Waals surface area (Å²) < 4.78 is 0. The van der Waals surface area contributed by atoms with Gasteiger partial charge in [-0.15, -0.1) is 11.8 Å². The van der Waals surface area contributed by atoms with Crippen LogP contribution in [-0.4, -0.2) is 64.7 Å². The number of nitrogens with zero attached hydrogens (tertiary/aromatic N) is 3. The lowest BCUT2D eigenvalue weighted by Gasteiger charge is -2.32. The molecule has 152 valence electrons. The average Bonchev–Trinajstić information content (AvgIpc) is 3.15. The van der Waals surface area contributed by atoms with Gasteiger partial charge in [0.15, 0.2) is 5.16 Å². The molecule has 1 aromatic heterocycles. The first kappa shape index (κ1) is 20.3. The van der Waals surface area contributed by atoms with Crippen molar-refractivity contribution in [3.05, 3.63) is 53.6 Å². The van der Waals surface area contributed by atoms with Crippen LogP contribution in [0.15, 0.2) is 52.5 Å². The van der Waals surface area contributed by atoms with E-state index in [9.17, 15) is 4.79 Å². The van der Waals surface area contributed by atoms with E-state index in [1.54, 1.807) is 23.5 Å². The molecule has 1 N–H and O–H groups in total. The maximum Gasteiger partial charge on any atom is 0.233 e. The van der Waals surface area contributed by atoms with Gasteiger partial charge in [-0.25, -0.2) is 4.98 Å². The van der Waals surface area contributed by atoms with Gasteiger partial charge in [-0.2, -0.15) is 0 Å². The normalized spacial score (nSPS) is 15.2. The Morgan fingerprint density at radius 2 is 1.86 bits per heavy atom. The number of carbonyl (C=O) groups is 1. The van der Waals surface area contributed by atoms with Crippen LogP contribution in [0.1, 0.15) is 11.1 Å². The summed E-state index contributed by atoms with van der Waals surface area (Å²) in [6, 6.07) is 14.5. The average molecular weight is 427 g/mol. The fourth-order valence-electron chi connectivity index (χ4n) is 3.40. The minimum absolute atomic E-state index is 0.240. The molecule has 0 saturated carbocycles. The van der Waals surface area contributed by atoms with E-state index in [-0.39, 0.29) is 5.91 Å². The molecule has 1 saturated heterocycles. The molecule has 2 heterocycles. The van der Waals surface area contributed by atoms with Crippen LogP contribution in [0, 0.1) is 6.92 Å². The van der Waals surface area contributed by atoms with Gasteiger partial charge in [0.2, 0.25) is 5.91 Å². The lowest BCUT2D eigenvalue weighted by Crippen LogP contribution is -2.47. The molecular weight excluding hydrogens is 400 g/mol. The van der Waals surface area contributed by atoms with Crippen molar-refractivity contribution in [2.45, 2.75) is 22.7 Å². The van der Waals surface area contributed by atoms with Crippen molar-refractivity contribution in [1.82, 2.24) is 19.8 Å². The zero-order valence-corrected chi connectivity index (χ0v) is 18.5. The zero-order valence-electron chi connectivity index (χ0n) is 16.9. The lowest BCUT2D eigenvalue weighted by molar-refractivity contribution is -0.129. The van der Waals surface area contributed by atoms with Gasteiger partial charge in [-0.1, -0.05) is 36.0 Å². The van der Waals surface area contributed by atoms with Crippen molar-refractivity contribution in [3.8, 4) is 0 Å². The highest BCUT2D eigenvalue weighted by Crippen LogP contribution is 2.29. The molecule has 0 unspecified atom stereocenters. The second-order valence-corrected chi connectivity index (χ2v) is 9.34. The van der Waals surface area contributed by atoms with Crippen molar-refractivity contribution in [2.75, 3.05) is 39.0 Å². The Morgan fingerprint density at radius 3 is 2.66 bits per heavy atom. The van der Waals surface area contributed by atoms with Crippen LogP contribution in [0.3, 0.4) is 0 Å². The number of aromatic nitrogens is 2. The van der Waals surface area contributed by atoms with Crippen molar-refractivity contribution < 1.29 is 4.79 Å². The SMILES string of the molecule is Cc1c(CSc2nc3ccccc3[nH]2)cccc1SCC(=O)N1CCN(C)CC1. The number of imidazole rings is 1. The number of carbonyl (C=O) groups excluding carboxylic acids is 1. The van der Waals surface area contributed by atoms with Crippen molar-refractivity contribution in [2.24, 2.45) is 0 Å². The van der Waals surface area contributed by atoms with Gasteiger partial charge in [0.25, 0.3) is 0 Å². The quantitative estimate of drug-likeness (QED) is 0.603. The van der Waals surface area contributed by atoms with E-state index >= 15 is 0 Å². The van der Waals surface area contributed by atoms with E-state index < -0.39 is 0 Å². The largest absolute Gasteiger partial charge is 0.339 e. The highest BCUT2D eigenvalue weighted by Gasteiger charge is 2.19. The number of piperazine rings is 1. The van der Waals surface area contributed by atoms with Crippen LogP contribution < -0.4 is 0 Å². The third kappa shape index (κ3) is 4.97. The van der Waals surface area contributed by atoms with E-state index in [1.807, 2.05) is 29.2 Å². The summed E-state index contributed by atoms with van der Waals surface area (Å²) >= 11 is 3.37. The van der Waals surface area contributed by atoms with Crippen molar-refractivity contribution in [1.29, 1.82) is 0 Å². The van der Waals surface area contributed by atoms with Crippen LogP contribution in [0.5, 0.6) is 0 Å². The predicted octanol–water partition coefficient (Wildman–Crippen LogP) is 4.03. The molecule has 29 heavy (non-hydrogen) atoms. The third-order valence-electron chi connectivity index (χ3n) is 5.34. The molecule has 0 bridgehead atoms. The smallest absolute Gasteiger partial charge is 0.233 e. The van der Waals surface area contributed by atoms with E-state index in [1.165, 1.54) is 16.0 Å². The van der Waals surface area contributed by atoms with Gasteiger partial charge in [-0.3, -0.25) is 4.79 Å². The summed E-state index contributed by atoms with van der Waals surface area (Å²) in [7, 11) is 2.11. The molecule has 3 aromatic rings. The van der Waals surface area contributed by atoms with Crippen LogP contribution in [0.4, 0.5) is 0 Å². The third-order valence-corrected chi connectivity index (χ3v) is 7.40. The Bertz CT molecular complexity index is 962. The number of amides is 1. The predicted molar refractivity (Wildman–Crippen MR) is 122 cm³/mol. The number of aromatic amines is 1. The monoisotopic (exact) mass is 426 g/mol. The van der Waals surface area contributed by atoms with Crippen LogP contribution in [-0.2, 0) is 10.5 Å². The molecule has 0 aliphatic carbocycles. The minimum atomic E-state index is 0.240. The molecule has 1 fully saturated rings. The summed E-state index contributed by atoms with van der Waals surface area (Å²) in [4.78, 5) is 26.0. The molecule has 1 aliphatic heterocycles. The number of fused-ring (bicyclic) bond motifs is 1. The Balaban J connectivity index is 1.36. The molecule has 4 rings (SSSR count). The van der Waals surface area contributed by atoms with Gasteiger partial charge in [0.05, 0.1) is 16.8 Å². The van der Waals surface area contributed by atoms with E-state index in [0.717, 1.165) is 48.1 Å². The van der Waals surface area contributed by atoms with E-state index in [4.69, 9.17) is 0 Å². The van der Waals surface area contributed by atoms with Gasteiger partial charge in [0, 0.05) is 36.8 Å². The second kappa shape index (κ2) is 9.24. The number of hydrogen-bond acceptors (Lipinski definition) is 5. The Morgan fingerprint density at radius 1 is 1.07 bits per heavy atom. The van der Waals surface area contributed by atoms with Crippen LogP contribution in [0.2, 0.25) is 0 Å². The topological polar surface area (TPSA) is 52.2 Å². The Labute approximate surface area is 180 Å². The number of nitrogens with one attached hydrogen (secondary N) is 1. The molecule has 0 spiro atoms. The van der Waals surface area contributed by atoms with E-state index in [0.29, 0.717) is 5.75 Å². The number of hydrogen-bond donors (Lipinski definition) is 1. The maximum absolute atomic E-state index is 12.5. The summed E-state index contributed by atoms with van der Waals surface area (Å²) in [6.45, 7) is 5.75. The second-order valence-electron chi connectivity index (χ2n) is 7.36. The molecular formula is C22H26N4OS2. The van der Waals surface area contributed by atoms with E-state index in [2.05, 4.69) is 47.0 Å². The number of H-pyrrole nitrogens is 1. The standard InChI is InChI=1S/C22H26N4OS2/c1-16-17(14-29-22-23-18-7-3-4-8-19(18)24-22)6-5-9-20(16)28-15-21(27)26-12-10-25(2)11-13-26/h3-9H,10-15H2,1-2H3,(H,23,24). The summed E-state index contributed by atoms with van der Waals surface area (Å²) in [5.41, 5.74) is 4.61. The van der Waals surface area contributed by atoms with Gasteiger partial charge in [-0.05, 0) is 43.3 Å². The number of benzene rings is 2. The summed E-state index contributed by atoms with van der Waals surface area (Å²) in [6.07, 6.45) is 0. The molecule has 5 nitrogen and oxygen atoms in total. The highest BCUT2D eigenvalue weighted by molar-refractivity contribution is 8.00. The van der Waals surface area contributed by atoms with Crippen LogP contribution >= 0.6 is 23.5 Å². The van der Waals surface area contributed by atoms with Crippen LogP contribution in [0.25, 0.3) is 11.0 Å². The number of likely N-dealkylation sites (N-methyl/N-ethyl adjacent to an activating group) is 1. The fourth-order valence-corrected chi connectivity index (χ4v) is 5.34. The Hall–Kier alpha value is -1.96.